The number of fused-ring (bicyclic) bond motifs is 1. The Morgan fingerprint density at radius 3 is 2.06 bits per heavy atom. The van der Waals surface area contributed by atoms with Gasteiger partial charge in [-0.25, -0.2) is 0 Å². The largest absolute Gasteiger partial charge is 0.507 e. The highest BCUT2D eigenvalue weighted by Gasteiger charge is 2.35. The van der Waals surface area contributed by atoms with E-state index in [9.17, 15) is 41.7 Å². The lowest BCUT2D eigenvalue weighted by Crippen LogP contribution is -2.08. The van der Waals surface area contributed by atoms with Gasteiger partial charge in [-0.05, 0) is 36.4 Å². The minimum atomic E-state index is -4.71. The maximum Gasteiger partial charge on any atom is 0.417 e. The van der Waals surface area contributed by atoms with Crippen LogP contribution in [0.15, 0.2) is 60.7 Å². The number of nitrogens with zero attached hydrogens (tertiary/aromatic N) is 1. The Balaban J connectivity index is 2.01. The van der Waals surface area contributed by atoms with Crippen molar-refractivity contribution in [2.75, 3.05) is 0 Å². The second-order valence-electron chi connectivity index (χ2n) is 7.95. The van der Waals surface area contributed by atoms with Crippen LogP contribution in [0.5, 0.6) is 5.75 Å². The summed E-state index contributed by atoms with van der Waals surface area (Å²) in [6.45, 7) is 0. The number of aromatic hydroxyl groups is 1. The fourth-order valence-electron chi connectivity index (χ4n) is 3.95. The molecule has 0 aliphatic carbocycles. The molecule has 3 N–H and O–H groups in total. The molecule has 0 spiro atoms. The number of aromatic nitrogens is 1. The summed E-state index contributed by atoms with van der Waals surface area (Å²) in [6.07, 6.45) is -11.3. The van der Waals surface area contributed by atoms with Gasteiger partial charge >= 0.3 is 12.4 Å². The highest BCUT2D eigenvalue weighted by molar-refractivity contribution is 5.97. The fourth-order valence-corrected chi connectivity index (χ4v) is 3.95. The smallest absolute Gasteiger partial charge is 0.417 e. The third kappa shape index (κ3) is 4.63. The van der Waals surface area contributed by atoms with E-state index >= 15 is 0 Å². The molecule has 0 radical (unpaired) electrons. The van der Waals surface area contributed by atoms with Crippen LogP contribution < -0.4 is 0 Å². The van der Waals surface area contributed by atoms with Gasteiger partial charge in [0.05, 0.1) is 27.9 Å². The first-order valence-electron chi connectivity index (χ1n) is 10.4. The van der Waals surface area contributed by atoms with Gasteiger partial charge in [-0.2, -0.15) is 26.3 Å². The average Bonchev–Trinajstić information content (AvgIpc) is 3.06. The van der Waals surface area contributed by atoms with Crippen molar-refractivity contribution in [2.24, 2.45) is 7.05 Å². The standard InChI is InChI=1S/C26H17F6NO3/c1-33-21-13-22(34)19(24(35)36)12-18(21)16(11-8-14-6-9-15(10-7-14)25(27,28)29)23(33)17-4-2-3-5-20(17)26(30,31)32/h2-7,9-10,12-13,24,34-36H,1H3. The van der Waals surface area contributed by atoms with Crippen LogP contribution in [-0.2, 0) is 19.4 Å². The van der Waals surface area contributed by atoms with E-state index in [1.807, 2.05) is 0 Å². The predicted molar refractivity (Wildman–Crippen MR) is 120 cm³/mol. The molecule has 0 aliphatic heterocycles. The number of benzene rings is 3. The van der Waals surface area contributed by atoms with Crippen molar-refractivity contribution in [3.63, 3.8) is 0 Å². The fraction of sp³-hybridized carbons (Fsp3) is 0.154. The summed E-state index contributed by atoms with van der Waals surface area (Å²) in [6, 6.07) is 11.1. The molecule has 4 nitrogen and oxygen atoms in total. The number of phenols is 1. The summed E-state index contributed by atoms with van der Waals surface area (Å²) in [5, 5.41) is 29.7. The molecule has 0 saturated heterocycles. The Morgan fingerprint density at radius 2 is 1.47 bits per heavy atom. The van der Waals surface area contributed by atoms with Crippen molar-refractivity contribution in [3.05, 3.63) is 88.5 Å². The summed E-state index contributed by atoms with van der Waals surface area (Å²) >= 11 is 0. The molecule has 36 heavy (non-hydrogen) atoms. The minimum absolute atomic E-state index is 0.0290. The Bertz CT molecular complexity index is 1500. The molecule has 4 aromatic rings. The van der Waals surface area contributed by atoms with Crippen molar-refractivity contribution in [3.8, 4) is 28.8 Å². The zero-order valence-electron chi connectivity index (χ0n) is 18.4. The highest BCUT2D eigenvalue weighted by Crippen LogP contribution is 2.42. The molecule has 1 heterocycles. The lowest BCUT2D eigenvalue weighted by molar-refractivity contribution is -0.138. The minimum Gasteiger partial charge on any atom is -0.507 e. The van der Waals surface area contributed by atoms with Gasteiger partial charge in [0.15, 0.2) is 6.29 Å². The molecule has 186 valence electrons. The number of phenolic OH excluding ortho intramolecular Hbond substituents is 1. The number of aryl methyl sites for hydroxylation is 1. The molecule has 4 rings (SSSR count). The maximum atomic E-state index is 13.8. The van der Waals surface area contributed by atoms with Crippen LogP contribution in [0.3, 0.4) is 0 Å². The normalized spacial score (nSPS) is 12.2. The van der Waals surface area contributed by atoms with E-state index in [4.69, 9.17) is 0 Å². The van der Waals surface area contributed by atoms with Crippen LogP contribution in [0.2, 0.25) is 0 Å². The van der Waals surface area contributed by atoms with Gasteiger partial charge in [0, 0.05) is 35.2 Å². The molecule has 0 aliphatic rings. The highest BCUT2D eigenvalue weighted by atomic mass is 19.4. The third-order valence-corrected chi connectivity index (χ3v) is 5.66. The number of aliphatic hydroxyl groups is 2. The van der Waals surface area contributed by atoms with Gasteiger partial charge in [-0.1, -0.05) is 30.0 Å². The second-order valence-corrected chi connectivity index (χ2v) is 7.95. The first kappa shape index (κ1) is 25.2. The van der Waals surface area contributed by atoms with E-state index in [-0.39, 0.29) is 38.9 Å². The summed E-state index contributed by atoms with van der Waals surface area (Å²) in [5.41, 5.74) is -1.81. The third-order valence-electron chi connectivity index (χ3n) is 5.66. The van der Waals surface area contributed by atoms with Crippen LogP contribution in [0.4, 0.5) is 26.3 Å². The monoisotopic (exact) mass is 505 g/mol. The van der Waals surface area contributed by atoms with Crippen molar-refractivity contribution in [1.82, 2.24) is 4.57 Å². The van der Waals surface area contributed by atoms with Gasteiger partial charge in [-0.15, -0.1) is 0 Å². The van der Waals surface area contributed by atoms with Crippen LogP contribution in [0.25, 0.3) is 22.2 Å². The average molecular weight is 505 g/mol. The Morgan fingerprint density at radius 1 is 0.833 bits per heavy atom. The van der Waals surface area contributed by atoms with Gasteiger partial charge < -0.3 is 19.9 Å². The van der Waals surface area contributed by atoms with Gasteiger partial charge in [0.1, 0.15) is 5.75 Å². The molecule has 1 aromatic heterocycles. The molecule has 0 amide bonds. The topological polar surface area (TPSA) is 65.6 Å². The van der Waals surface area contributed by atoms with E-state index in [1.165, 1.54) is 41.9 Å². The summed E-state index contributed by atoms with van der Waals surface area (Å²) in [7, 11) is 1.46. The van der Waals surface area contributed by atoms with Gasteiger partial charge in [0.25, 0.3) is 0 Å². The summed E-state index contributed by atoms with van der Waals surface area (Å²) in [4.78, 5) is 0. The lowest BCUT2D eigenvalue weighted by Gasteiger charge is -2.14. The molecule has 0 fully saturated rings. The number of hydrogen-bond donors (Lipinski definition) is 3. The van der Waals surface area contributed by atoms with Crippen molar-refractivity contribution in [2.45, 2.75) is 18.6 Å². The number of hydrogen-bond acceptors (Lipinski definition) is 3. The van der Waals surface area contributed by atoms with Gasteiger partial charge in [0.2, 0.25) is 0 Å². The second kappa shape index (κ2) is 8.93. The lowest BCUT2D eigenvalue weighted by atomic mass is 9.99. The molecule has 3 aromatic carbocycles. The summed E-state index contributed by atoms with van der Waals surface area (Å²) in [5.74, 6) is 4.94. The van der Waals surface area contributed by atoms with Crippen molar-refractivity contribution < 1.29 is 41.7 Å². The molecular weight excluding hydrogens is 488 g/mol. The molecule has 0 bridgehead atoms. The van der Waals surface area contributed by atoms with E-state index in [0.717, 1.165) is 30.3 Å². The zero-order valence-corrected chi connectivity index (χ0v) is 18.4. The van der Waals surface area contributed by atoms with Crippen LogP contribution in [0.1, 0.15) is 34.1 Å². The van der Waals surface area contributed by atoms with Crippen LogP contribution in [0, 0.1) is 11.8 Å². The van der Waals surface area contributed by atoms with E-state index < -0.39 is 35.5 Å². The van der Waals surface area contributed by atoms with Gasteiger partial charge in [-0.3, -0.25) is 0 Å². The quantitative estimate of drug-likeness (QED) is 0.179. The molecular formula is C26H17F6NO3. The molecule has 10 heteroatoms. The predicted octanol–water partition coefficient (Wildman–Crippen LogP) is 5.97. The zero-order chi connectivity index (χ0) is 26.4. The SMILES string of the molecule is Cn1c(-c2ccccc2C(F)(F)F)c(C#Cc2ccc(C(F)(F)F)cc2)c2cc(C(O)O)c(O)cc21. The van der Waals surface area contributed by atoms with E-state index in [2.05, 4.69) is 11.8 Å². The molecule has 0 atom stereocenters. The first-order valence-corrected chi connectivity index (χ1v) is 10.4. The molecule has 0 saturated carbocycles. The van der Waals surface area contributed by atoms with Crippen LogP contribution >= 0.6 is 0 Å². The number of aliphatic hydroxyl groups excluding tert-OH is 1. The number of halogens is 6. The van der Waals surface area contributed by atoms with E-state index in [1.54, 1.807) is 0 Å². The Kier molecular flexibility index (Phi) is 6.24. The maximum absolute atomic E-state index is 13.8. The number of alkyl halides is 6. The number of rotatable bonds is 2. The summed E-state index contributed by atoms with van der Waals surface area (Å²) < 4.78 is 81.5. The molecule has 0 unspecified atom stereocenters. The first-order chi connectivity index (χ1) is 16.8. The van der Waals surface area contributed by atoms with E-state index in [0.29, 0.717) is 0 Å². The van der Waals surface area contributed by atoms with Crippen LogP contribution in [-0.4, -0.2) is 19.9 Å². The van der Waals surface area contributed by atoms with Crippen molar-refractivity contribution in [1.29, 1.82) is 0 Å². The van der Waals surface area contributed by atoms with Crippen molar-refractivity contribution >= 4 is 10.9 Å². The Hall–Kier alpha value is -3.94. The Labute approximate surface area is 200 Å².